The van der Waals surface area contributed by atoms with Gasteiger partial charge >= 0.3 is 5.69 Å². The van der Waals surface area contributed by atoms with E-state index in [2.05, 4.69) is 11.4 Å². The maximum atomic E-state index is 12.5. The second-order valence-corrected chi connectivity index (χ2v) is 5.93. The average Bonchev–Trinajstić information content (AvgIpc) is 2.70. The molecular formula is C18H19N3O2. The normalized spacial score (nSPS) is 11.0. The molecule has 0 unspecified atom stereocenters. The number of fused-ring (bicyclic) bond motifs is 1. The Balaban J connectivity index is 1.98. The molecule has 0 atom stereocenters. The topological polar surface area (TPSA) is 56.0 Å². The number of anilines is 1. The number of amides is 1. The van der Waals surface area contributed by atoms with Crippen molar-refractivity contribution in [3.8, 4) is 0 Å². The lowest BCUT2D eigenvalue weighted by atomic mass is 10.1. The van der Waals surface area contributed by atoms with Gasteiger partial charge in [-0.3, -0.25) is 13.9 Å². The molecule has 0 bridgehead atoms. The van der Waals surface area contributed by atoms with Crippen LogP contribution < -0.4 is 11.0 Å². The van der Waals surface area contributed by atoms with Crippen molar-refractivity contribution < 1.29 is 4.79 Å². The molecule has 0 saturated carbocycles. The summed E-state index contributed by atoms with van der Waals surface area (Å²) in [6, 6.07) is 11.2. The summed E-state index contributed by atoms with van der Waals surface area (Å²) in [4.78, 5) is 24.4. The van der Waals surface area contributed by atoms with Crippen molar-refractivity contribution in [1.82, 2.24) is 9.13 Å². The fraction of sp³-hybridized carbons (Fsp3) is 0.222. The number of carbonyl (C=O) groups excluding carboxylic acids is 1. The van der Waals surface area contributed by atoms with Crippen LogP contribution in [0.1, 0.15) is 21.5 Å². The van der Waals surface area contributed by atoms with Crippen LogP contribution in [-0.2, 0) is 14.1 Å². The number of hydrogen-bond donors (Lipinski definition) is 1. The molecule has 1 aromatic heterocycles. The molecule has 0 aliphatic heterocycles. The van der Waals surface area contributed by atoms with Gasteiger partial charge in [0.15, 0.2) is 0 Å². The van der Waals surface area contributed by atoms with E-state index in [-0.39, 0.29) is 11.6 Å². The van der Waals surface area contributed by atoms with Gasteiger partial charge in [0.2, 0.25) is 0 Å². The van der Waals surface area contributed by atoms with Gasteiger partial charge < -0.3 is 5.32 Å². The second-order valence-electron chi connectivity index (χ2n) is 5.93. The summed E-state index contributed by atoms with van der Waals surface area (Å²) in [6.07, 6.45) is 0. The molecule has 1 amide bonds. The molecule has 0 aliphatic rings. The molecule has 3 aromatic rings. The van der Waals surface area contributed by atoms with E-state index in [4.69, 9.17) is 0 Å². The number of rotatable bonds is 2. The summed E-state index contributed by atoms with van der Waals surface area (Å²) < 4.78 is 3.11. The summed E-state index contributed by atoms with van der Waals surface area (Å²) in [5.74, 6) is -0.187. The molecule has 5 nitrogen and oxygen atoms in total. The van der Waals surface area contributed by atoms with E-state index < -0.39 is 0 Å². The van der Waals surface area contributed by atoms with E-state index in [1.165, 1.54) is 0 Å². The zero-order valence-electron chi connectivity index (χ0n) is 13.7. The van der Waals surface area contributed by atoms with Gasteiger partial charge in [0, 0.05) is 25.3 Å². The summed E-state index contributed by atoms with van der Waals surface area (Å²) in [7, 11) is 3.43. The lowest BCUT2D eigenvalue weighted by Gasteiger charge is -2.08. The smallest absolute Gasteiger partial charge is 0.322 e. The molecule has 1 heterocycles. The van der Waals surface area contributed by atoms with Crippen LogP contribution in [0.15, 0.2) is 41.2 Å². The van der Waals surface area contributed by atoms with Crippen molar-refractivity contribution >= 4 is 22.6 Å². The van der Waals surface area contributed by atoms with Crippen molar-refractivity contribution in [3.63, 3.8) is 0 Å². The summed E-state index contributed by atoms with van der Waals surface area (Å²) in [6.45, 7) is 3.99. The van der Waals surface area contributed by atoms with E-state index in [0.29, 0.717) is 5.56 Å². The molecule has 0 saturated heterocycles. The Morgan fingerprint density at radius 1 is 0.913 bits per heavy atom. The zero-order valence-corrected chi connectivity index (χ0v) is 13.7. The minimum atomic E-state index is -0.187. The number of nitrogens with zero attached hydrogens (tertiary/aromatic N) is 2. The average molecular weight is 309 g/mol. The molecule has 0 aliphatic carbocycles. The van der Waals surface area contributed by atoms with Crippen LogP contribution in [0.25, 0.3) is 11.0 Å². The summed E-state index contributed by atoms with van der Waals surface area (Å²) in [5, 5.41) is 2.91. The number of hydrogen-bond acceptors (Lipinski definition) is 2. The molecule has 3 rings (SSSR count). The fourth-order valence-electron chi connectivity index (χ4n) is 2.90. The molecule has 5 heteroatoms. The first-order valence-electron chi connectivity index (χ1n) is 7.42. The quantitative estimate of drug-likeness (QED) is 0.791. The van der Waals surface area contributed by atoms with Crippen molar-refractivity contribution in [1.29, 1.82) is 0 Å². The first-order chi connectivity index (χ1) is 10.9. The number of carbonyl (C=O) groups is 1. The minimum absolute atomic E-state index is 0.105. The van der Waals surface area contributed by atoms with Crippen LogP contribution in [0.5, 0.6) is 0 Å². The van der Waals surface area contributed by atoms with Gasteiger partial charge in [-0.2, -0.15) is 0 Å². The Morgan fingerprint density at radius 3 is 2.17 bits per heavy atom. The van der Waals surface area contributed by atoms with Gasteiger partial charge in [-0.25, -0.2) is 4.79 Å². The number of nitrogens with one attached hydrogen (secondary N) is 1. The Labute approximate surface area is 134 Å². The maximum absolute atomic E-state index is 12.5. The van der Waals surface area contributed by atoms with Gasteiger partial charge in [-0.05, 0) is 55.3 Å². The van der Waals surface area contributed by atoms with E-state index in [1.807, 2.05) is 26.0 Å². The summed E-state index contributed by atoms with van der Waals surface area (Å²) >= 11 is 0. The van der Waals surface area contributed by atoms with Crippen molar-refractivity contribution in [2.75, 3.05) is 5.32 Å². The molecule has 0 spiro atoms. The third-order valence-electron chi connectivity index (χ3n) is 4.01. The molecule has 0 fully saturated rings. The van der Waals surface area contributed by atoms with Crippen LogP contribution in [0.3, 0.4) is 0 Å². The molecular weight excluding hydrogens is 290 g/mol. The van der Waals surface area contributed by atoms with Gasteiger partial charge in [-0.1, -0.05) is 6.07 Å². The van der Waals surface area contributed by atoms with Crippen LogP contribution in [-0.4, -0.2) is 15.0 Å². The van der Waals surface area contributed by atoms with E-state index >= 15 is 0 Å². The lowest BCUT2D eigenvalue weighted by Crippen LogP contribution is -2.19. The zero-order chi connectivity index (χ0) is 16.7. The first-order valence-corrected chi connectivity index (χ1v) is 7.42. The standard InChI is InChI=1S/C18H19N3O2/c1-11-7-12(2)9-14(8-11)19-17(22)13-5-6-15-16(10-13)21(4)18(23)20(15)3/h5-10H,1-4H3,(H,19,22). The Bertz CT molecular complexity index is 960. The highest BCUT2D eigenvalue weighted by Gasteiger charge is 2.12. The Hall–Kier alpha value is -2.82. The van der Waals surface area contributed by atoms with Crippen LogP contribution in [0.2, 0.25) is 0 Å². The lowest BCUT2D eigenvalue weighted by molar-refractivity contribution is 0.102. The highest BCUT2D eigenvalue weighted by molar-refractivity contribution is 6.06. The Kier molecular flexibility index (Phi) is 3.56. The fourth-order valence-corrected chi connectivity index (χ4v) is 2.90. The second kappa shape index (κ2) is 5.43. The monoisotopic (exact) mass is 309 g/mol. The van der Waals surface area contributed by atoms with Gasteiger partial charge in [0.25, 0.3) is 5.91 Å². The number of aryl methyl sites for hydroxylation is 4. The largest absolute Gasteiger partial charge is 0.328 e. The minimum Gasteiger partial charge on any atom is -0.322 e. The van der Waals surface area contributed by atoms with Crippen LogP contribution in [0.4, 0.5) is 5.69 Å². The van der Waals surface area contributed by atoms with Gasteiger partial charge in [0.05, 0.1) is 11.0 Å². The van der Waals surface area contributed by atoms with Crippen molar-refractivity contribution in [3.05, 3.63) is 63.6 Å². The predicted octanol–water partition coefficient (Wildman–Crippen LogP) is 2.75. The molecule has 1 N–H and O–H groups in total. The third kappa shape index (κ3) is 2.65. The van der Waals surface area contributed by atoms with Crippen molar-refractivity contribution in [2.45, 2.75) is 13.8 Å². The number of benzene rings is 2. The van der Waals surface area contributed by atoms with Gasteiger partial charge in [-0.15, -0.1) is 0 Å². The molecule has 0 radical (unpaired) electrons. The third-order valence-corrected chi connectivity index (χ3v) is 4.01. The van der Waals surface area contributed by atoms with Crippen molar-refractivity contribution in [2.24, 2.45) is 14.1 Å². The maximum Gasteiger partial charge on any atom is 0.328 e. The number of imidazole rings is 1. The van der Waals surface area contributed by atoms with E-state index in [9.17, 15) is 9.59 Å². The van der Waals surface area contributed by atoms with E-state index in [0.717, 1.165) is 27.8 Å². The highest BCUT2D eigenvalue weighted by Crippen LogP contribution is 2.17. The van der Waals surface area contributed by atoms with Gasteiger partial charge in [0.1, 0.15) is 0 Å². The van der Waals surface area contributed by atoms with E-state index in [1.54, 1.807) is 41.4 Å². The predicted molar refractivity (Wildman–Crippen MR) is 92.0 cm³/mol. The highest BCUT2D eigenvalue weighted by atomic mass is 16.2. The summed E-state index contributed by atoms with van der Waals surface area (Å²) in [5.41, 5.74) is 4.94. The molecule has 2 aromatic carbocycles. The SMILES string of the molecule is Cc1cc(C)cc(NC(=O)c2ccc3c(c2)n(C)c(=O)n3C)c1. The molecule has 118 valence electrons. The Morgan fingerprint density at radius 2 is 1.52 bits per heavy atom. The number of aromatic nitrogens is 2. The first kappa shape index (κ1) is 15.1. The molecule has 23 heavy (non-hydrogen) atoms. The van der Waals surface area contributed by atoms with Crippen LogP contribution >= 0.6 is 0 Å². The van der Waals surface area contributed by atoms with Crippen LogP contribution in [0, 0.1) is 13.8 Å².